The summed E-state index contributed by atoms with van der Waals surface area (Å²) in [5.74, 6) is 0.971. The Balaban J connectivity index is 2.16. The van der Waals surface area contributed by atoms with Crippen molar-refractivity contribution in [2.24, 2.45) is 5.41 Å². The largest absolute Gasteiger partial charge is 0.494 e. The Labute approximate surface area is 130 Å². The first kappa shape index (κ1) is 16.4. The molecule has 0 aliphatic heterocycles. The molecule has 2 nitrogen and oxygen atoms in total. The standard InChI is InChI=1S/C19H31NO/c1-7-21-16-10-8-15(9-11-16)19(12-18(5,6)13-19)14-20-17(2,3)4/h8-11,20H,7,12-14H2,1-6H3. The average molecular weight is 289 g/mol. The van der Waals surface area contributed by atoms with Gasteiger partial charge in [-0.05, 0) is 63.6 Å². The second-order valence-corrected chi connectivity index (χ2v) is 8.36. The molecule has 0 heterocycles. The Morgan fingerprint density at radius 1 is 1.10 bits per heavy atom. The number of nitrogens with one attached hydrogen (secondary N) is 1. The van der Waals surface area contributed by atoms with E-state index >= 15 is 0 Å². The lowest BCUT2D eigenvalue weighted by Crippen LogP contribution is -2.55. The number of benzene rings is 1. The first-order valence-corrected chi connectivity index (χ1v) is 8.14. The van der Waals surface area contributed by atoms with Crippen LogP contribution in [-0.4, -0.2) is 18.7 Å². The lowest BCUT2D eigenvalue weighted by Gasteiger charge is -2.54. The van der Waals surface area contributed by atoms with E-state index in [0.29, 0.717) is 5.41 Å². The molecule has 0 radical (unpaired) electrons. The zero-order valence-corrected chi connectivity index (χ0v) is 14.5. The third-order valence-corrected chi connectivity index (χ3v) is 4.37. The molecule has 1 N–H and O–H groups in total. The number of rotatable bonds is 5. The summed E-state index contributed by atoms with van der Waals surface area (Å²) in [6.07, 6.45) is 2.49. The SMILES string of the molecule is CCOc1ccc(C2(CNC(C)(C)C)CC(C)(C)C2)cc1. The van der Waals surface area contributed by atoms with Gasteiger partial charge in [0.1, 0.15) is 5.75 Å². The monoisotopic (exact) mass is 289 g/mol. The van der Waals surface area contributed by atoms with E-state index in [0.717, 1.165) is 18.9 Å². The second kappa shape index (κ2) is 5.64. The molecule has 118 valence electrons. The molecule has 21 heavy (non-hydrogen) atoms. The van der Waals surface area contributed by atoms with E-state index in [1.807, 2.05) is 6.92 Å². The Hall–Kier alpha value is -1.02. The van der Waals surface area contributed by atoms with Gasteiger partial charge in [0, 0.05) is 17.5 Å². The Morgan fingerprint density at radius 3 is 2.10 bits per heavy atom. The highest BCUT2D eigenvalue weighted by atomic mass is 16.5. The molecule has 0 spiro atoms. The molecule has 0 saturated heterocycles. The molecule has 1 aromatic carbocycles. The first-order chi connectivity index (χ1) is 9.66. The lowest BCUT2D eigenvalue weighted by molar-refractivity contribution is 0.0512. The van der Waals surface area contributed by atoms with Gasteiger partial charge in [-0.2, -0.15) is 0 Å². The van der Waals surface area contributed by atoms with Crippen LogP contribution in [0.5, 0.6) is 5.75 Å². The van der Waals surface area contributed by atoms with E-state index in [2.05, 4.69) is 64.2 Å². The van der Waals surface area contributed by atoms with Crippen LogP contribution in [0.3, 0.4) is 0 Å². The fourth-order valence-corrected chi connectivity index (χ4v) is 3.72. The highest BCUT2D eigenvalue weighted by molar-refractivity contribution is 5.36. The van der Waals surface area contributed by atoms with Gasteiger partial charge in [-0.15, -0.1) is 0 Å². The predicted molar refractivity (Wildman–Crippen MR) is 90.1 cm³/mol. The maximum absolute atomic E-state index is 5.56. The first-order valence-electron chi connectivity index (χ1n) is 8.14. The van der Waals surface area contributed by atoms with E-state index in [-0.39, 0.29) is 11.0 Å². The van der Waals surface area contributed by atoms with Crippen LogP contribution in [0.2, 0.25) is 0 Å². The summed E-state index contributed by atoms with van der Waals surface area (Å²) in [7, 11) is 0. The Bertz CT molecular complexity index is 459. The topological polar surface area (TPSA) is 21.3 Å². The van der Waals surface area contributed by atoms with Crippen molar-refractivity contribution in [3.63, 3.8) is 0 Å². The van der Waals surface area contributed by atoms with E-state index in [1.54, 1.807) is 0 Å². The zero-order chi connectivity index (χ0) is 15.7. The molecule has 0 bridgehead atoms. The van der Waals surface area contributed by atoms with Crippen LogP contribution in [0.15, 0.2) is 24.3 Å². The van der Waals surface area contributed by atoms with Gasteiger partial charge < -0.3 is 10.1 Å². The van der Waals surface area contributed by atoms with Crippen LogP contribution >= 0.6 is 0 Å². The minimum absolute atomic E-state index is 0.165. The highest BCUT2D eigenvalue weighted by Gasteiger charge is 2.50. The van der Waals surface area contributed by atoms with Gasteiger partial charge in [-0.25, -0.2) is 0 Å². The summed E-state index contributed by atoms with van der Waals surface area (Å²) < 4.78 is 5.56. The third kappa shape index (κ3) is 4.00. The molecule has 2 heteroatoms. The van der Waals surface area contributed by atoms with Crippen molar-refractivity contribution >= 4 is 0 Å². The van der Waals surface area contributed by atoms with Gasteiger partial charge in [-0.3, -0.25) is 0 Å². The lowest BCUT2D eigenvalue weighted by atomic mass is 9.52. The molecule has 1 aliphatic rings. The molecule has 0 amide bonds. The molecule has 1 aromatic rings. The molecule has 0 aromatic heterocycles. The van der Waals surface area contributed by atoms with Crippen molar-refractivity contribution in [1.82, 2.24) is 5.32 Å². The number of hydrogen-bond donors (Lipinski definition) is 1. The van der Waals surface area contributed by atoms with Gasteiger partial charge in [0.15, 0.2) is 0 Å². The molecule has 1 aliphatic carbocycles. The van der Waals surface area contributed by atoms with Crippen molar-refractivity contribution in [3.05, 3.63) is 29.8 Å². The summed E-state index contributed by atoms with van der Waals surface area (Å²) in [5, 5.41) is 3.71. The quantitative estimate of drug-likeness (QED) is 0.860. The molecule has 1 fully saturated rings. The van der Waals surface area contributed by atoms with Gasteiger partial charge in [0.25, 0.3) is 0 Å². The maximum Gasteiger partial charge on any atom is 0.119 e. The van der Waals surface area contributed by atoms with Crippen molar-refractivity contribution in [3.8, 4) is 5.75 Å². The normalized spacial score (nSPS) is 19.9. The van der Waals surface area contributed by atoms with E-state index in [1.165, 1.54) is 18.4 Å². The molecular weight excluding hydrogens is 258 g/mol. The van der Waals surface area contributed by atoms with Crippen molar-refractivity contribution in [2.45, 2.75) is 65.3 Å². The summed E-state index contributed by atoms with van der Waals surface area (Å²) in [4.78, 5) is 0. The second-order valence-electron chi connectivity index (χ2n) is 8.36. The number of ether oxygens (including phenoxy) is 1. The van der Waals surface area contributed by atoms with Crippen molar-refractivity contribution < 1.29 is 4.74 Å². The van der Waals surface area contributed by atoms with Crippen LogP contribution in [0.4, 0.5) is 0 Å². The molecule has 0 unspecified atom stereocenters. The van der Waals surface area contributed by atoms with Gasteiger partial charge >= 0.3 is 0 Å². The fraction of sp³-hybridized carbons (Fsp3) is 0.684. The zero-order valence-electron chi connectivity index (χ0n) is 14.5. The van der Waals surface area contributed by atoms with Crippen LogP contribution < -0.4 is 10.1 Å². The predicted octanol–water partition coefficient (Wildman–Crippen LogP) is 4.53. The minimum atomic E-state index is 0.165. The minimum Gasteiger partial charge on any atom is -0.494 e. The van der Waals surface area contributed by atoms with Crippen molar-refractivity contribution in [1.29, 1.82) is 0 Å². The summed E-state index contributed by atoms with van der Waals surface area (Å²) in [6, 6.07) is 8.74. The Morgan fingerprint density at radius 2 is 1.67 bits per heavy atom. The fourth-order valence-electron chi connectivity index (χ4n) is 3.72. The Kier molecular flexibility index (Phi) is 4.39. The van der Waals surface area contributed by atoms with Crippen molar-refractivity contribution in [2.75, 3.05) is 13.2 Å². The summed E-state index contributed by atoms with van der Waals surface area (Å²) >= 11 is 0. The summed E-state index contributed by atoms with van der Waals surface area (Å²) in [6.45, 7) is 15.3. The van der Waals surface area contributed by atoms with Crippen LogP contribution in [0.25, 0.3) is 0 Å². The van der Waals surface area contributed by atoms with Gasteiger partial charge in [0.05, 0.1) is 6.61 Å². The number of hydrogen-bond acceptors (Lipinski definition) is 2. The van der Waals surface area contributed by atoms with Crippen LogP contribution in [-0.2, 0) is 5.41 Å². The van der Waals surface area contributed by atoms with Crippen LogP contribution in [0, 0.1) is 5.41 Å². The third-order valence-electron chi connectivity index (χ3n) is 4.37. The van der Waals surface area contributed by atoms with Gasteiger partial charge in [0.2, 0.25) is 0 Å². The van der Waals surface area contributed by atoms with E-state index in [4.69, 9.17) is 4.74 Å². The van der Waals surface area contributed by atoms with E-state index in [9.17, 15) is 0 Å². The molecule has 0 atom stereocenters. The molecular formula is C19H31NO. The molecule has 1 saturated carbocycles. The van der Waals surface area contributed by atoms with E-state index < -0.39 is 0 Å². The molecule has 2 rings (SSSR count). The summed E-state index contributed by atoms with van der Waals surface area (Å²) in [5.41, 5.74) is 2.35. The smallest absolute Gasteiger partial charge is 0.119 e. The van der Waals surface area contributed by atoms with Gasteiger partial charge in [-0.1, -0.05) is 26.0 Å². The average Bonchev–Trinajstić information content (AvgIpc) is 2.34. The highest BCUT2D eigenvalue weighted by Crippen LogP contribution is 2.55. The van der Waals surface area contributed by atoms with Crippen LogP contribution in [0.1, 0.15) is 59.9 Å². The maximum atomic E-state index is 5.56.